The van der Waals surface area contributed by atoms with Crippen molar-refractivity contribution >= 4 is 5.57 Å². The maximum absolute atomic E-state index is 2.30. The van der Waals surface area contributed by atoms with Crippen molar-refractivity contribution < 1.29 is 0 Å². The minimum Gasteiger partial charge on any atom is -0.0619 e. The van der Waals surface area contributed by atoms with E-state index in [0.717, 1.165) is 6.42 Å². The Labute approximate surface area is 86.7 Å². The Morgan fingerprint density at radius 3 is 2.29 bits per heavy atom. The van der Waals surface area contributed by atoms with Crippen LogP contribution in [0.5, 0.6) is 0 Å². The molecule has 0 radical (unpaired) electrons. The summed E-state index contributed by atoms with van der Waals surface area (Å²) in [5.41, 5.74) is 6.35. The van der Waals surface area contributed by atoms with Gasteiger partial charge in [0.15, 0.2) is 0 Å². The lowest BCUT2D eigenvalue weighted by atomic mass is 9.83. The molecule has 1 aromatic carbocycles. The lowest BCUT2D eigenvalue weighted by Gasteiger charge is -2.21. The average Bonchev–Trinajstić information content (AvgIpc) is 2.44. The van der Waals surface area contributed by atoms with Crippen LogP contribution in [0.15, 0.2) is 29.8 Å². The fourth-order valence-electron chi connectivity index (χ4n) is 2.35. The van der Waals surface area contributed by atoms with Gasteiger partial charge < -0.3 is 0 Å². The molecule has 14 heavy (non-hydrogen) atoms. The van der Waals surface area contributed by atoms with Gasteiger partial charge in [0.25, 0.3) is 0 Å². The summed E-state index contributed by atoms with van der Waals surface area (Å²) in [4.78, 5) is 0. The molecule has 2 rings (SSSR count). The molecule has 0 saturated carbocycles. The van der Waals surface area contributed by atoms with E-state index in [4.69, 9.17) is 0 Å². The molecule has 0 spiro atoms. The van der Waals surface area contributed by atoms with E-state index in [1.54, 1.807) is 5.57 Å². The smallest absolute Gasteiger partial charge is 0.00499 e. The highest BCUT2D eigenvalue weighted by Crippen LogP contribution is 2.41. The highest BCUT2D eigenvalue weighted by molar-refractivity contribution is 5.75. The van der Waals surface area contributed by atoms with Gasteiger partial charge in [0.05, 0.1) is 0 Å². The van der Waals surface area contributed by atoms with E-state index in [9.17, 15) is 0 Å². The molecule has 1 aromatic rings. The molecule has 0 aliphatic heterocycles. The lowest BCUT2D eigenvalue weighted by Crippen LogP contribution is -2.09. The molecule has 0 aromatic heterocycles. The van der Waals surface area contributed by atoms with E-state index < -0.39 is 0 Å². The predicted octanol–water partition coefficient (Wildman–Crippen LogP) is 4.06. The Hall–Kier alpha value is -1.04. The Balaban J connectivity index is 2.50. The van der Waals surface area contributed by atoms with Gasteiger partial charge in [-0.3, -0.25) is 0 Å². The number of rotatable bonds is 0. The van der Waals surface area contributed by atoms with Gasteiger partial charge in [-0.1, -0.05) is 50.6 Å². The molecule has 0 atom stereocenters. The van der Waals surface area contributed by atoms with Crippen molar-refractivity contribution in [2.45, 2.75) is 34.1 Å². The van der Waals surface area contributed by atoms with Crippen LogP contribution < -0.4 is 0 Å². The third-order valence-electron chi connectivity index (χ3n) is 3.15. The molecule has 0 saturated heterocycles. The van der Waals surface area contributed by atoms with E-state index >= 15 is 0 Å². The van der Waals surface area contributed by atoms with Crippen LogP contribution in [-0.2, 0) is 6.42 Å². The van der Waals surface area contributed by atoms with Crippen LogP contribution >= 0.6 is 0 Å². The molecule has 1 aliphatic carbocycles. The Bertz CT molecular complexity index is 389. The molecule has 0 unspecified atom stereocenters. The number of allylic oxidation sites excluding steroid dienone is 2. The van der Waals surface area contributed by atoms with Crippen LogP contribution in [0, 0.1) is 5.41 Å². The van der Waals surface area contributed by atoms with Gasteiger partial charge in [0, 0.05) is 0 Å². The van der Waals surface area contributed by atoms with E-state index in [-0.39, 0.29) is 0 Å². The van der Waals surface area contributed by atoms with Gasteiger partial charge in [0.1, 0.15) is 0 Å². The highest BCUT2D eigenvalue weighted by Gasteiger charge is 2.26. The largest absolute Gasteiger partial charge is 0.0619 e. The van der Waals surface area contributed by atoms with Crippen molar-refractivity contribution in [2.24, 2.45) is 5.41 Å². The minimum atomic E-state index is 0.309. The van der Waals surface area contributed by atoms with Gasteiger partial charge in [-0.05, 0) is 35.5 Å². The number of benzene rings is 1. The van der Waals surface area contributed by atoms with Crippen LogP contribution in [-0.4, -0.2) is 0 Å². The van der Waals surface area contributed by atoms with Crippen molar-refractivity contribution in [3.8, 4) is 0 Å². The van der Waals surface area contributed by atoms with Crippen molar-refractivity contribution in [2.75, 3.05) is 0 Å². The first-order chi connectivity index (χ1) is 6.50. The average molecular weight is 186 g/mol. The zero-order chi connectivity index (χ0) is 10.3. The molecule has 0 amide bonds. The van der Waals surface area contributed by atoms with Gasteiger partial charge in [-0.15, -0.1) is 0 Å². The summed E-state index contributed by atoms with van der Waals surface area (Å²) in [5.74, 6) is 0. The van der Waals surface area contributed by atoms with Crippen LogP contribution in [0.25, 0.3) is 5.57 Å². The van der Waals surface area contributed by atoms with Crippen LogP contribution in [0.4, 0.5) is 0 Å². The molecular formula is C14H18. The lowest BCUT2D eigenvalue weighted by molar-refractivity contribution is 0.496. The normalized spacial score (nSPS) is 16.0. The first-order valence-electron chi connectivity index (χ1n) is 5.28. The molecular weight excluding hydrogens is 168 g/mol. The maximum Gasteiger partial charge on any atom is -0.00499 e. The third kappa shape index (κ3) is 1.39. The first kappa shape index (κ1) is 9.51. The summed E-state index contributed by atoms with van der Waals surface area (Å²) in [7, 11) is 0. The summed E-state index contributed by atoms with van der Waals surface area (Å²) in [6, 6.07) is 8.76. The fraction of sp³-hybridized carbons (Fsp3) is 0.429. The van der Waals surface area contributed by atoms with Gasteiger partial charge in [0.2, 0.25) is 0 Å². The van der Waals surface area contributed by atoms with E-state index in [0.29, 0.717) is 5.41 Å². The zero-order valence-corrected chi connectivity index (χ0v) is 9.52. The van der Waals surface area contributed by atoms with Crippen LogP contribution in [0.3, 0.4) is 0 Å². The van der Waals surface area contributed by atoms with E-state index in [1.165, 1.54) is 16.7 Å². The summed E-state index contributed by atoms with van der Waals surface area (Å²) in [5, 5.41) is 0. The minimum absolute atomic E-state index is 0.309. The SMILES string of the molecule is CC1=C(C(C)(C)C)Cc2ccccc21. The van der Waals surface area contributed by atoms with E-state index in [1.807, 2.05) is 0 Å². The van der Waals surface area contributed by atoms with Crippen LogP contribution in [0.1, 0.15) is 38.8 Å². The number of fused-ring (bicyclic) bond motifs is 1. The fourth-order valence-corrected chi connectivity index (χ4v) is 2.35. The molecule has 74 valence electrons. The molecule has 0 fully saturated rings. The van der Waals surface area contributed by atoms with Gasteiger partial charge >= 0.3 is 0 Å². The second-order valence-corrected chi connectivity index (χ2v) is 5.19. The van der Waals surface area contributed by atoms with Crippen molar-refractivity contribution in [3.05, 3.63) is 41.0 Å². The second-order valence-electron chi connectivity index (χ2n) is 5.19. The predicted molar refractivity (Wildman–Crippen MR) is 62.2 cm³/mol. The Morgan fingerprint density at radius 2 is 1.71 bits per heavy atom. The summed E-state index contributed by atoms with van der Waals surface area (Å²) >= 11 is 0. The van der Waals surface area contributed by atoms with E-state index in [2.05, 4.69) is 52.0 Å². The molecule has 0 N–H and O–H groups in total. The summed E-state index contributed by atoms with van der Waals surface area (Å²) < 4.78 is 0. The Kier molecular flexibility index (Phi) is 2.02. The molecule has 0 bridgehead atoms. The summed E-state index contributed by atoms with van der Waals surface area (Å²) in [6.07, 6.45) is 1.14. The van der Waals surface area contributed by atoms with Crippen molar-refractivity contribution in [1.29, 1.82) is 0 Å². The molecule has 0 heteroatoms. The Morgan fingerprint density at radius 1 is 1.07 bits per heavy atom. The monoisotopic (exact) mass is 186 g/mol. The topological polar surface area (TPSA) is 0 Å². The number of hydrogen-bond acceptors (Lipinski definition) is 0. The quantitative estimate of drug-likeness (QED) is 0.573. The third-order valence-corrected chi connectivity index (χ3v) is 3.15. The summed E-state index contributed by atoms with van der Waals surface area (Å²) in [6.45, 7) is 9.17. The second kappa shape index (κ2) is 2.98. The van der Waals surface area contributed by atoms with Gasteiger partial charge in [-0.2, -0.15) is 0 Å². The maximum atomic E-state index is 2.30. The van der Waals surface area contributed by atoms with Gasteiger partial charge in [-0.25, -0.2) is 0 Å². The molecule has 1 aliphatic rings. The molecule has 0 nitrogen and oxygen atoms in total. The molecule has 0 heterocycles. The first-order valence-corrected chi connectivity index (χ1v) is 5.28. The zero-order valence-electron chi connectivity index (χ0n) is 9.52. The number of hydrogen-bond donors (Lipinski definition) is 0. The van der Waals surface area contributed by atoms with Crippen molar-refractivity contribution in [3.63, 3.8) is 0 Å². The standard InChI is InChI=1S/C14H18/c1-10-12-8-6-5-7-11(12)9-13(10)14(2,3)4/h5-8H,9H2,1-4H3. The highest BCUT2D eigenvalue weighted by atomic mass is 14.3. The van der Waals surface area contributed by atoms with Crippen LogP contribution in [0.2, 0.25) is 0 Å². The van der Waals surface area contributed by atoms with Crippen molar-refractivity contribution in [1.82, 2.24) is 0 Å².